The first-order valence-corrected chi connectivity index (χ1v) is 6.87. The molecular weight excluding hydrogens is 250 g/mol. The molecule has 1 aliphatic rings. The van der Waals surface area contributed by atoms with E-state index in [4.69, 9.17) is 15.2 Å². The summed E-state index contributed by atoms with van der Waals surface area (Å²) in [4.78, 5) is 0. The van der Waals surface area contributed by atoms with Gasteiger partial charge in [-0.25, -0.2) is 0 Å². The molecule has 20 heavy (non-hydrogen) atoms. The number of aryl methyl sites for hydroxylation is 2. The maximum atomic E-state index is 5.94. The van der Waals surface area contributed by atoms with Gasteiger partial charge in [0.2, 0.25) is 0 Å². The summed E-state index contributed by atoms with van der Waals surface area (Å²) < 4.78 is 11.8. The number of hydrogen-bond acceptors (Lipinski definition) is 3. The quantitative estimate of drug-likeness (QED) is 0.870. The predicted molar refractivity (Wildman–Crippen MR) is 80.4 cm³/mol. The molecule has 0 saturated carbocycles. The molecule has 0 aromatic heterocycles. The number of nitrogens with two attached hydrogens (primary N) is 1. The van der Waals surface area contributed by atoms with Crippen LogP contribution >= 0.6 is 0 Å². The molecule has 3 nitrogen and oxygen atoms in total. The lowest BCUT2D eigenvalue weighted by molar-refractivity contribution is 0.148. The monoisotopic (exact) mass is 269 g/mol. The minimum absolute atomic E-state index is 0.0609. The van der Waals surface area contributed by atoms with Crippen molar-refractivity contribution in [2.75, 3.05) is 12.3 Å². The molecule has 0 bridgehead atoms. The van der Waals surface area contributed by atoms with Crippen molar-refractivity contribution >= 4 is 5.69 Å². The number of nitrogen functional groups attached to an aromatic ring is 1. The number of hydrogen-bond donors (Lipinski definition) is 1. The van der Waals surface area contributed by atoms with Crippen molar-refractivity contribution in [3.8, 4) is 11.5 Å². The van der Waals surface area contributed by atoms with E-state index >= 15 is 0 Å². The first-order valence-electron chi connectivity index (χ1n) is 6.87. The molecule has 0 amide bonds. The van der Waals surface area contributed by atoms with Gasteiger partial charge in [0.25, 0.3) is 0 Å². The summed E-state index contributed by atoms with van der Waals surface area (Å²) in [6, 6.07) is 12.1. The first kappa shape index (κ1) is 12.9. The van der Waals surface area contributed by atoms with Gasteiger partial charge in [-0.3, -0.25) is 0 Å². The molecule has 2 aromatic carbocycles. The number of ether oxygens (including phenoxy) is 2. The summed E-state index contributed by atoms with van der Waals surface area (Å²) in [6.45, 7) is 4.61. The number of rotatable bonds is 3. The minimum atomic E-state index is 0.0609. The normalized spacial score (nSPS) is 16.6. The Hall–Kier alpha value is -2.16. The molecule has 104 valence electrons. The molecule has 3 rings (SSSR count). The van der Waals surface area contributed by atoms with E-state index in [-0.39, 0.29) is 6.10 Å². The Morgan fingerprint density at radius 1 is 1.25 bits per heavy atom. The SMILES string of the molecule is Cc1ccc2c(c1)CC(COc1c(C)cccc1N)O2. The van der Waals surface area contributed by atoms with Crippen molar-refractivity contribution in [2.24, 2.45) is 0 Å². The van der Waals surface area contributed by atoms with Gasteiger partial charge < -0.3 is 15.2 Å². The molecule has 2 N–H and O–H groups in total. The van der Waals surface area contributed by atoms with Crippen LogP contribution in [0.3, 0.4) is 0 Å². The Kier molecular flexibility index (Phi) is 3.26. The second-order valence-corrected chi connectivity index (χ2v) is 5.36. The second kappa shape index (κ2) is 5.08. The Balaban J connectivity index is 1.67. The number of anilines is 1. The summed E-state index contributed by atoms with van der Waals surface area (Å²) in [5, 5.41) is 0. The van der Waals surface area contributed by atoms with Crippen molar-refractivity contribution in [1.29, 1.82) is 0 Å². The van der Waals surface area contributed by atoms with Crippen LogP contribution in [-0.4, -0.2) is 12.7 Å². The standard InChI is InChI=1S/C17H19NO2/c1-11-6-7-16-13(8-11)9-14(20-16)10-19-17-12(2)4-3-5-15(17)18/h3-8,14H,9-10,18H2,1-2H3. The van der Waals surface area contributed by atoms with Crippen molar-refractivity contribution < 1.29 is 9.47 Å². The van der Waals surface area contributed by atoms with Gasteiger partial charge in [0.1, 0.15) is 24.2 Å². The summed E-state index contributed by atoms with van der Waals surface area (Å²) in [6.07, 6.45) is 0.953. The van der Waals surface area contributed by atoms with E-state index in [9.17, 15) is 0 Å². The molecule has 0 saturated heterocycles. The highest BCUT2D eigenvalue weighted by atomic mass is 16.5. The molecular formula is C17H19NO2. The third-order valence-electron chi connectivity index (χ3n) is 3.61. The van der Waals surface area contributed by atoms with Gasteiger partial charge >= 0.3 is 0 Å². The molecule has 0 fully saturated rings. The van der Waals surface area contributed by atoms with E-state index in [1.165, 1.54) is 11.1 Å². The molecule has 0 aliphatic carbocycles. The lowest BCUT2D eigenvalue weighted by atomic mass is 10.1. The van der Waals surface area contributed by atoms with E-state index in [0.717, 1.165) is 23.5 Å². The highest BCUT2D eigenvalue weighted by Gasteiger charge is 2.23. The number of fused-ring (bicyclic) bond motifs is 1. The minimum Gasteiger partial charge on any atom is -0.487 e. The smallest absolute Gasteiger partial charge is 0.145 e. The van der Waals surface area contributed by atoms with Crippen LogP contribution in [0.2, 0.25) is 0 Å². The average Bonchev–Trinajstić information content (AvgIpc) is 2.80. The van der Waals surface area contributed by atoms with Crippen LogP contribution in [0.4, 0.5) is 5.69 Å². The number of para-hydroxylation sites is 1. The highest BCUT2D eigenvalue weighted by Crippen LogP contribution is 2.31. The fourth-order valence-corrected chi connectivity index (χ4v) is 2.59. The first-order chi connectivity index (χ1) is 9.63. The maximum absolute atomic E-state index is 5.94. The highest BCUT2D eigenvalue weighted by molar-refractivity contribution is 5.56. The Labute approximate surface area is 119 Å². The van der Waals surface area contributed by atoms with Gasteiger partial charge in [0.15, 0.2) is 0 Å². The van der Waals surface area contributed by atoms with Crippen LogP contribution in [-0.2, 0) is 6.42 Å². The van der Waals surface area contributed by atoms with Crippen molar-refractivity contribution in [1.82, 2.24) is 0 Å². The summed E-state index contributed by atoms with van der Waals surface area (Å²) in [7, 11) is 0. The predicted octanol–water partition coefficient (Wildman–Crippen LogP) is 3.27. The van der Waals surface area contributed by atoms with Gasteiger partial charge in [-0.2, -0.15) is 0 Å². The number of benzene rings is 2. The fourth-order valence-electron chi connectivity index (χ4n) is 2.59. The van der Waals surface area contributed by atoms with Gasteiger partial charge in [-0.1, -0.05) is 29.8 Å². The summed E-state index contributed by atoms with van der Waals surface area (Å²) >= 11 is 0. The fraction of sp³-hybridized carbons (Fsp3) is 0.294. The van der Waals surface area contributed by atoms with Gasteiger partial charge in [-0.15, -0.1) is 0 Å². The molecule has 1 heterocycles. The Morgan fingerprint density at radius 3 is 2.90 bits per heavy atom. The van der Waals surface area contributed by atoms with Crippen LogP contribution in [0.25, 0.3) is 0 Å². The van der Waals surface area contributed by atoms with Crippen LogP contribution in [0.5, 0.6) is 11.5 Å². The van der Waals surface area contributed by atoms with E-state index in [0.29, 0.717) is 12.3 Å². The van der Waals surface area contributed by atoms with Crippen LogP contribution in [0.15, 0.2) is 36.4 Å². The summed E-state index contributed by atoms with van der Waals surface area (Å²) in [5.74, 6) is 1.74. The zero-order valence-electron chi connectivity index (χ0n) is 11.8. The zero-order valence-corrected chi connectivity index (χ0v) is 11.8. The van der Waals surface area contributed by atoms with Crippen LogP contribution in [0.1, 0.15) is 16.7 Å². The molecule has 0 spiro atoms. The van der Waals surface area contributed by atoms with Crippen molar-refractivity contribution in [2.45, 2.75) is 26.4 Å². The third kappa shape index (κ3) is 2.44. The largest absolute Gasteiger partial charge is 0.487 e. The third-order valence-corrected chi connectivity index (χ3v) is 3.61. The maximum Gasteiger partial charge on any atom is 0.145 e. The average molecular weight is 269 g/mol. The lowest BCUT2D eigenvalue weighted by Crippen LogP contribution is -2.22. The van der Waals surface area contributed by atoms with Crippen molar-refractivity contribution in [3.05, 3.63) is 53.1 Å². The molecule has 1 unspecified atom stereocenters. The molecule has 1 aliphatic heterocycles. The zero-order chi connectivity index (χ0) is 14.1. The Morgan fingerprint density at radius 2 is 2.10 bits per heavy atom. The second-order valence-electron chi connectivity index (χ2n) is 5.36. The van der Waals surface area contributed by atoms with E-state index in [1.54, 1.807) is 0 Å². The van der Waals surface area contributed by atoms with Crippen molar-refractivity contribution in [3.63, 3.8) is 0 Å². The lowest BCUT2D eigenvalue weighted by Gasteiger charge is -2.15. The van der Waals surface area contributed by atoms with Gasteiger partial charge in [0.05, 0.1) is 5.69 Å². The van der Waals surface area contributed by atoms with E-state index in [2.05, 4.69) is 19.1 Å². The van der Waals surface area contributed by atoms with Gasteiger partial charge in [-0.05, 0) is 37.1 Å². The molecule has 3 heteroatoms. The van der Waals surface area contributed by atoms with Crippen LogP contribution < -0.4 is 15.2 Å². The molecule has 1 atom stereocenters. The molecule has 0 radical (unpaired) electrons. The van der Waals surface area contributed by atoms with Crippen LogP contribution in [0, 0.1) is 13.8 Å². The van der Waals surface area contributed by atoms with E-state index < -0.39 is 0 Å². The van der Waals surface area contributed by atoms with Gasteiger partial charge in [0, 0.05) is 6.42 Å². The molecule has 2 aromatic rings. The van der Waals surface area contributed by atoms with E-state index in [1.807, 2.05) is 31.2 Å². The Bertz CT molecular complexity index is 617. The summed E-state index contributed by atoms with van der Waals surface area (Å²) in [5.41, 5.74) is 10.2. The topological polar surface area (TPSA) is 44.5 Å².